The molecule has 2 heterocycles. The van der Waals surface area contributed by atoms with Gasteiger partial charge in [-0.3, -0.25) is 14.5 Å². The van der Waals surface area contributed by atoms with Crippen molar-refractivity contribution in [3.8, 4) is 0 Å². The third-order valence-corrected chi connectivity index (χ3v) is 5.53. The van der Waals surface area contributed by atoms with E-state index in [1.807, 2.05) is 41.8 Å². The summed E-state index contributed by atoms with van der Waals surface area (Å²) in [7, 11) is 0. The van der Waals surface area contributed by atoms with E-state index < -0.39 is 0 Å². The number of carbonyl (C=O) groups excluding carboxylic acids is 2. The van der Waals surface area contributed by atoms with Crippen LogP contribution in [0, 0.1) is 0 Å². The number of hydrogen-bond acceptors (Lipinski definition) is 4. The minimum absolute atomic E-state index is 0.0840. The fraction of sp³-hybridized carbons (Fsp3) is 0.500. The zero-order valence-electron chi connectivity index (χ0n) is 15.9. The van der Waals surface area contributed by atoms with Crippen LogP contribution in [0.2, 0.25) is 0 Å². The zero-order valence-corrected chi connectivity index (χ0v) is 17.5. The summed E-state index contributed by atoms with van der Waals surface area (Å²) in [5, 5.41) is 0.911. The van der Waals surface area contributed by atoms with Crippen LogP contribution in [0.3, 0.4) is 0 Å². The first-order chi connectivity index (χ1) is 13.0. The van der Waals surface area contributed by atoms with Gasteiger partial charge in [0.05, 0.1) is 6.54 Å². The topological polar surface area (TPSA) is 57.0 Å². The molecule has 6 nitrogen and oxygen atoms in total. The summed E-state index contributed by atoms with van der Waals surface area (Å²) in [4.78, 5) is 31.0. The van der Waals surface area contributed by atoms with Crippen molar-refractivity contribution in [3.63, 3.8) is 0 Å². The smallest absolute Gasteiger partial charge is 0.289 e. The fourth-order valence-electron chi connectivity index (χ4n) is 3.48. The van der Waals surface area contributed by atoms with Gasteiger partial charge >= 0.3 is 0 Å². The van der Waals surface area contributed by atoms with Gasteiger partial charge in [-0.1, -0.05) is 15.9 Å². The first-order valence-corrected chi connectivity index (χ1v) is 10.3. The van der Waals surface area contributed by atoms with Gasteiger partial charge in [0.15, 0.2) is 5.76 Å². The van der Waals surface area contributed by atoms with Crippen LogP contribution in [0.15, 0.2) is 33.2 Å². The summed E-state index contributed by atoms with van der Waals surface area (Å²) >= 11 is 3.44. The largest absolute Gasteiger partial charge is 0.451 e. The molecule has 3 rings (SSSR count). The van der Waals surface area contributed by atoms with Crippen LogP contribution in [-0.4, -0.2) is 72.3 Å². The molecule has 0 radical (unpaired) electrons. The van der Waals surface area contributed by atoms with Crippen molar-refractivity contribution in [2.24, 2.45) is 0 Å². The van der Waals surface area contributed by atoms with Crippen LogP contribution in [0.25, 0.3) is 11.0 Å². The lowest BCUT2D eigenvalue weighted by Crippen LogP contribution is -2.42. The van der Waals surface area contributed by atoms with E-state index in [0.29, 0.717) is 37.5 Å². The third kappa shape index (κ3) is 4.71. The second-order valence-electron chi connectivity index (χ2n) is 6.78. The maximum absolute atomic E-state index is 12.9. The lowest BCUT2D eigenvalue weighted by atomic mass is 10.2. The molecule has 1 aliphatic heterocycles. The maximum atomic E-state index is 12.9. The quantitative estimate of drug-likeness (QED) is 0.723. The molecule has 2 amide bonds. The number of rotatable bonds is 5. The number of nitrogens with zero attached hydrogens (tertiary/aromatic N) is 3. The van der Waals surface area contributed by atoms with Crippen molar-refractivity contribution in [2.45, 2.75) is 20.3 Å². The van der Waals surface area contributed by atoms with E-state index in [2.05, 4.69) is 20.8 Å². The highest BCUT2D eigenvalue weighted by molar-refractivity contribution is 9.10. The van der Waals surface area contributed by atoms with Gasteiger partial charge in [0.25, 0.3) is 5.91 Å². The van der Waals surface area contributed by atoms with Crippen molar-refractivity contribution in [3.05, 3.63) is 34.5 Å². The number of carbonyl (C=O) groups is 2. The van der Waals surface area contributed by atoms with E-state index in [9.17, 15) is 9.59 Å². The summed E-state index contributed by atoms with van der Waals surface area (Å²) in [6.45, 7) is 8.68. The molecule has 2 aromatic rings. The molecule has 1 aromatic heterocycles. The van der Waals surface area contributed by atoms with Crippen molar-refractivity contribution >= 4 is 38.7 Å². The van der Waals surface area contributed by atoms with Crippen LogP contribution in [0.1, 0.15) is 30.8 Å². The minimum Gasteiger partial charge on any atom is -0.451 e. The maximum Gasteiger partial charge on any atom is 0.289 e. The lowest BCUT2D eigenvalue weighted by molar-refractivity contribution is -0.132. The van der Waals surface area contributed by atoms with Gasteiger partial charge in [0.2, 0.25) is 5.91 Å². The molecule has 0 unspecified atom stereocenters. The molecule has 0 spiro atoms. The van der Waals surface area contributed by atoms with Crippen LogP contribution >= 0.6 is 15.9 Å². The Kier molecular flexibility index (Phi) is 6.55. The molecular weight excluding hydrogens is 410 g/mol. The summed E-state index contributed by atoms with van der Waals surface area (Å²) in [5.41, 5.74) is 0.711. The molecule has 27 heavy (non-hydrogen) atoms. The molecule has 1 aliphatic rings. The second kappa shape index (κ2) is 8.89. The molecular formula is C20H26BrN3O3. The summed E-state index contributed by atoms with van der Waals surface area (Å²) in [6.07, 6.45) is 0.850. The number of hydrogen-bond donors (Lipinski definition) is 0. The predicted octanol–water partition coefficient (Wildman–Crippen LogP) is 3.21. The SMILES string of the molecule is CCN(CC)C(=O)CN1CCCN(C(=O)c2cc3cc(Br)ccc3o2)CC1. The predicted molar refractivity (Wildman–Crippen MR) is 109 cm³/mol. The van der Waals surface area contributed by atoms with Crippen LogP contribution in [0.5, 0.6) is 0 Å². The van der Waals surface area contributed by atoms with Crippen molar-refractivity contribution in [2.75, 3.05) is 45.8 Å². The normalized spacial score (nSPS) is 15.7. The Bertz CT molecular complexity index is 816. The van der Waals surface area contributed by atoms with Gasteiger partial charge in [0, 0.05) is 49.1 Å². The van der Waals surface area contributed by atoms with Crippen molar-refractivity contribution in [1.29, 1.82) is 0 Å². The molecule has 0 saturated carbocycles. The average molecular weight is 436 g/mol. The summed E-state index contributed by atoms with van der Waals surface area (Å²) in [5.74, 6) is 0.442. The number of amides is 2. The van der Waals surface area contributed by atoms with Crippen LogP contribution in [0.4, 0.5) is 0 Å². The second-order valence-corrected chi connectivity index (χ2v) is 7.70. The monoisotopic (exact) mass is 435 g/mol. The molecule has 0 aliphatic carbocycles. The molecule has 146 valence electrons. The Morgan fingerprint density at radius 1 is 1.11 bits per heavy atom. The molecule has 0 bridgehead atoms. The van der Waals surface area contributed by atoms with Gasteiger partial charge in [-0.05, 0) is 44.5 Å². The van der Waals surface area contributed by atoms with Gasteiger partial charge < -0.3 is 14.2 Å². The highest BCUT2D eigenvalue weighted by atomic mass is 79.9. The Labute approximate surface area is 168 Å². The zero-order chi connectivity index (χ0) is 19.4. The van der Waals surface area contributed by atoms with E-state index in [0.717, 1.165) is 35.9 Å². The molecule has 1 fully saturated rings. The fourth-order valence-corrected chi connectivity index (χ4v) is 3.85. The van der Waals surface area contributed by atoms with Crippen LogP contribution < -0.4 is 0 Å². The lowest BCUT2D eigenvalue weighted by Gasteiger charge is -2.25. The van der Waals surface area contributed by atoms with E-state index in [1.54, 1.807) is 6.07 Å². The standard InChI is InChI=1S/C20H26BrN3O3/c1-3-23(4-2)19(25)14-22-8-5-9-24(11-10-22)20(26)18-13-15-12-16(21)6-7-17(15)27-18/h6-7,12-13H,3-5,8-11,14H2,1-2H3. The highest BCUT2D eigenvalue weighted by Gasteiger charge is 2.24. The molecule has 1 saturated heterocycles. The van der Waals surface area contributed by atoms with Gasteiger partial charge in [-0.2, -0.15) is 0 Å². The van der Waals surface area contributed by atoms with Crippen molar-refractivity contribution < 1.29 is 14.0 Å². The number of halogens is 1. The summed E-state index contributed by atoms with van der Waals surface area (Å²) in [6, 6.07) is 7.50. The molecule has 1 aromatic carbocycles. The van der Waals surface area contributed by atoms with Crippen LogP contribution in [-0.2, 0) is 4.79 Å². The first-order valence-electron chi connectivity index (χ1n) is 9.50. The minimum atomic E-state index is -0.0840. The Morgan fingerprint density at radius 2 is 1.89 bits per heavy atom. The number of benzene rings is 1. The number of likely N-dealkylation sites (N-methyl/N-ethyl adjacent to an activating group) is 1. The molecule has 0 atom stereocenters. The van der Waals surface area contributed by atoms with E-state index in [-0.39, 0.29) is 11.8 Å². The third-order valence-electron chi connectivity index (χ3n) is 5.04. The van der Waals surface area contributed by atoms with Crippen molar-refractivity contribution in [1.82, 2.24) is 14.7 Å². The van der Waals surface area contributed by atoms with Gasteiger partial charge in [-0.25, -0.2) is 0 Å². The highest BCUT2D eigenvalue weighted by Crippen LogP contribution is 2.24. The number of fused-ring (bicyclic) bond motifs is 1. The summed E-state index contributed by atoms with van der Waals surface area (Å²) < 4.78 is 6.70. The Morgan fingerprint density at radius 3 is 2.63 bits per heavy atom. The van der Waals surface area contributed by atoms with Gasteiger partial charge in [-0.15, -0.1) is 0 Å². The average Bonchev–Trinajstić information content (AvgIpc) is 2.93. The first kappa shape index (κ1) is 19.9. The molecule has 0 N–H and O–H groups in total. The Hall–Kier alpha value is -1.86. The van der Waals surface area contributed by atoms with E-state index in [4.69, 9.17) is 4.42 Å². The Balaban J connectivity index is 1.63. The van der Waals surface area contributed by atoms with Gasteiger partial charge in [0.1, 0.15) is 5.58 Å². The van der Waals surface area contributed by atoms with E-state index in [1.165, 1.54) is 0 Å². The number of furan rings is 1. The van der Waals surface area contributed by atoms with E-state index >= 15 is 0 Å². The molecule has 7 heteroatoms.